The Labute approximate surface area is 104 Å². The van der Waals surface area contributed by atoms with Crippen LogP contribution < -0.4 is 0 Å². The molecule has 3 aliphatic rings. The van der Waals surface area contributed by atoms with Gasteiger partial charge < -0.3 is 9.47 Å². The fraction of sp³-hybridized carbons (Fsp3) is 0.867. The maximum atomic E-state index is 6.02. The molecule has 2 aliphatic carbocycles. The molecular formula is C15H24O2. The van der Waals surface area contributed by atoms with Crippen LogP contribution in [-0.2, 0) is 9.47 Å². The van der Waals surface area contributed by atoms with E-state index in [1.165, 1.54) is 44.9 Å². The second kappa shape index (κ2) is 4.40. The van der Waals surface area contributed by atoms with E-state index in [2.05, 4.69) is 12.7 Å². The molecule has 0 aromatic carbocycles. The summed E-state index contributed by atoms with van der Waals surface area (Å²) in [4.78, 5) is 0. The molecule has 3 fully saturated rings. The molecule has 3 rings (SSSR count). The van der Waals surface area contributed by atoms with E-state index < -0.39 is 0 Å². The van der Waals surface area contributed by atoms with Gasteiger partial charge in [0.05, 0.1) is 6.61 Å². The van der Waals surface area contributed by atoms with Crippen molar-refractivity contribution in [3.05, 3.63) is 12.7 Å². The summed E-state index contributed by atoms with van der Waals surface area (Å²) in [5.41, 5.74) is 0.909. The molecule has 1 aliphatic heterocycles. The van der Waals surface area contributed by atoms with Crippen molar-refractivity contribution in [2.75, 3.05) is 13.2 Å². The molecular weight excluding hydrogens is 212 g/mol. The minimum absolute atomic E-state index is 0.0810. The Hall–Kier alpha value is -0.340. The summed E-state index contributed by atoms with van der Waals surface area (Å²) in [7, 11) is 0. The second-order valence-corrected chi connectivity index (χ2v) is 6.35. The van der Waals surface area contributed by atoms with Crippen molar-refractivity contribution in [2.24, 2.45) is 10.8 Å². The standard InChI is InChI=1S/C15H24O2/c1-2-14-6-8-15(11-14,9-7-14)12-17-13-5-3-4-10-16-13/h2,13H,1,3-12H2. The molecule has 0 spiro atoms. The average Bonchev–Trinajstić information content (AvgIpc) is 2.95. The summed E-state index contributed by atoms with van der Waals surface area (Å²) in [5.74, 6) is 0. The quantitative estimate of drug-likeness (QED) is 0.693. The van der Waals surface area contributed by atoms with Crippen LogP contribution in [0.25, 0.3) is 0 Å². The lowest BCUT2D eigenvalue weighted by Crippen LogP contribution is -2.29. The van der Waals surface area contributed by atoms with Crippen molar-refractivity contribution in [2.45, 2.75) is 57.7 Å². The molecule has 0 aromatic rings. The maximum absolute atomic E-state index is 6.02. The van der Waals surface area contributed by atoms with Crippen LogP contribution in [0.2, 0.25) is 0 Å². The van der Waals surface area contributed by atoms with Crippen LogP contribution >= 0.6 is 0 Å². The third-order valence-corrected chi connectivity index (χ3v) is 5.18. The highest BCUT2D eigenvalue weighted by Gasteiger charge is 2.52. The third-order valence-electron chi connectivity index (χ3n) is 5.18. The fourth-order valence-corrected chi connectivity index (χ4v) is 3.96. The first-order valence-corrected chi connectivity index (χ1v) is 7.13. The van der Waals surface area contributed by atoms with Crippen LogP contribution in [0.15, 0.2) is 12.7 Å². The molecule has 1 atom stereocenters. The van der Waals surface area contributed by atoms with E-state index in [1.54, 1.807) is 0 Å². The summed E-state index contributed by atoms with van der Waals surface area (Å²) in [6.07, 6.45) is 12.4. The number of ether oxygens (including phenoxy) is 2. The summed E-state index contributed by atoms with van der Waals surface area (Å²) in [5, 5.41) is 0. The Kier molecular flexibility index (Phi) is 3.04. The molecule has 0 radical (unpaired) electrons. The number of fused-ring (bicyclic) bond motifs is 2. The topological polar surface area (TPSA) is 18.5 Å². The summed E-state index contributed by atoms with van der Waals surface area (Å²) in [6.45, 7) is 5.82. The van der Waals surface area contributed by atoms with Gasteiger partial charge in [0.15, 0.2) is 6.29 Å². The van der Waals surface area contributed by atoms with Gasteiger partial charge in [-0.05, 0) is 62.2 Å². The fourth-order valence-electron chi connectivity index (χ4n) is 3.96. The largest absolute Gasteiger partial charge is 0.353 e. The zero-order valence-electron chi connectivity index (χ0n) is 10.7. The molecule has 2 heteroatoms. The van der Waals surface area contributed by atoms with E-state index in [-0.39, 0.29) is 6.29 Å². The van der Waals surface area contributed by atoms with Crippen molar-refractivity contribution in [3.63, 3.8) is 0 Å². The average molecular weight is 236 g/mol. The zero-order valence-corrected chi connectivity index (χ0v) is 10.7. The van der Waals surface area contributed by atoms with E-state index in [9.17, 15) is 0 Å². The van der Waals surface area contributed by atoms with Crippen LogP contribution in [0.1, 0.15) is 51.4 Å². The molecule has 0 amide bonds. The smallest absolute Gasteiger partial charge is 0.157 e. The molecule has 96 valence electrons. The Bertz CT molecular complexity index is 283. The lowest BCUT2D eigenvalue weighted by atomic mass is 9.82. The van der Waals surface area contributed by atoms with E-state index in [0.29, 0.717) is 10.8 Å². The molecule has 2 saturated carbocycles. The van der Waals surface area contributed by atoms with Crippen LogP contribution in [0, 0.1) is 10.8 Å². The summed E-state index contributed by atoms with van der Waals surface area (Å²) in [6, 6.07) is 0. The Balaban J connectivity index is 1.54. The number of allylic oxidation sites excluding steroid dienone is 1. The van der Waals surface area contributed by atoms with Crippen molar-refractivity contribution in [1.29, 1.82) is 0 Å². The van der Waals surface area contributed by atoms with Gasteiger partial charge in [-0.2, -0.15) is 0 Å². The minimum atomic E-state index is 0.0810. The number of hydrogen-bond acceptors (Lipinski definition) is 2. The molecule has 1 unspecified atom stereocenters. The normalized spacial score (nSPS) is 45.1. The van der Waals surface area contributed by atoms with Crippen LogP contribution in [0.3, 0.4) is 0 Å². The predicted molar refractivity (Wildman–Crippen MR) is 67.7 cm³/mol. The van der Waals surface area contributed by atoms with Gasteiger partial charge in [0, 0.05) is 6.61 Å². The lowest BCUT2D eigenvalue weighted by molar-refractivity contribution is -0.178. The SMILES string of the molecule is C=CC12CCC(COC3CCCCO3)(CC1)C2. The van der Waals surface area contributed by atoms with Gasteiger partial charge in [-0.15, -0.1) is 6.58 Å². The highest BCUT2D eigenvalue weighted by Crippen LogP contribution is 2.62. The monoisotopic (exact) mass is 236 g/mol. The zero-order chi connectivity index (χ0) is 11.8. The van der Waals surface area contributed by atoms with Crippen molar-refractivity contribution >= 4 is 0 Å². The van der Waals surface area contributed by atoms with Crippen molar-refractivity contribution < 1.29 is 9.47 Å². The van der Waals surface area contributed by atoms with Crippen LogP contribution in [-0.4, -0.2) is 19.5 Å². The molecule has 2 nitrogen and oxygen atoms in total. The van der Waals surface area contributed by atoms with Crippen LogP contribution in [0.4, 0.5) is 0 Å². The first-order valence-electron chi connectivity index (χ1n) is 7.13. The van der Waals surface area contributed by atoms with Gasteiger partial charge in [-0.25, -0.2) is 0 Å². The van der Waals surface area contributed by atoms with E-state index in [4.69, 9.17) is 9.47 Å². The van der Waals surface area contributed by atoms with Crippen molar-refractivity contribution in [1.82, 2.24) is 0 Å². The maximum Gasteiger partial charge on any atom is 0.157 e. The molecule has 1 saturated heterocycles. The van der Waals surface area contributed by atoms with Gasteiger partial charge >= 0.3 is 0 Å². The van der Waals surface area contributed by atoms with Gasteiger partial charge in [0.25, 0.3) is 0 Å². The first kappa shape index (κ1) is 11.7. The molecule has 1 heterocycles. The minimum Gasteiger partial charge on any atom is -0.353 e. The van der Waals surface area contributed by atoms with E-state index in [1.807, 2.05) is 0 Å². The Morgan fingerprint density at radius 2 is 2.06 bits per heavy atom. The highest BCUT2D eigenvalue weighted by atomic mass is 16.7. The molecule has 0 aromatic heterocycles. The molecule has 17 heavy (non-hydrogen) atoms. The van der Waals surface area contributed by atoms with Gasteiger partial charge in [-0.3, -0.25) is 0 Å². The molecule has 2 bridgehead atoms. The Morgan fingerprint density at radius 1 is 1.24 bits per heavy atom. The first-order chi connectivity index (χ1) is 8.26. The van der Waals surface area contributed by atoms with Gasteiger partial charge in [-0.1, -0.05) is 6.08 Å². The molecule has 0 N–H and O–H groups in total. The summed E-state index contributed by atoms with van der Waals surface area (Å²) < 4.78 is 11.7. The summed E-state index contributed by atoms with van der Waals surface area (Å²) >= 11 is 0. The van der Waals surface area contributed by atoms with Crippen molar-refractivity contribution in [3.8, 4) is 0 Å². The third kappa shape index (κ3) is 2.17. The number of rotatable bonds is 4. The lowest BCUT2D eigenvalue weighted by Gasteiger charge is -2.30. The highest BCUT2D eigenvalue weighted by molar-refractivity contribution is 5.11. The van der Waals surface area contributed by atoms with E-state index in [0.717, 1.165) is 19.6 Å². The predicted octanol–water partition coefficient (Wildman–Crippen LogP) is 3.67. The van der Waals surface area contributed by atoms with E-state index >= 15 is 0 Å². The van der Waals surface area contributed by atoms with Gasteiger partial charge in [0.1, 0.15) is 0 Å². The second-order valence-electron chi connectivity index (χ2n) is 6.35. The number of hydrogen-bond donors (Lipinski definition) is 0. The van der Waals surface area contributed by atoms with Gasteiger partial charge in [0.2, 0.25) is 0 Å². The Morgan fingerprint density at radius 3 is 2.65 bits per heavy atom. The van der Waals surface area contributed by atoms with Crippen LogP contribution in [0.5, 0.6) is 0 Å².